The number of rotatable bonds is 6. The third-order valence-electron chi connectivity index (χ3n) is 5.44. The van der Waals surface area contributed by atoms with Gasteiger partial charge in [-0.2, -0.15) is 10.1 Å². The Morgan fingerprint density at radius 2 is 1.97 bits per heavy atom. The number of benzene rings is 1. The summed E-state index contributed by atoms with van der Waals surface area (Å²) in [7, 11) is 1.55. The zero-order valence-electron chi connectivity index (χ0n) is 18.6. The van der Waals surface area contributed by atoms with Crippen molar-refractivity contribution < 1.29 is 19.1 Å². The molecule has 2 aromatic heterocycles. The molecule has 1 aromatic carbocycles. The van der Waals surface area contributed by atoms with Crippen molar-refractivity contribution in [3.63, 3.8) is 0 Å². The average Bonchev–Trinajstić information content (AvgIpc) is 3.38. The van der Waals surface area contributed by atoms with Crippen LogP contribution in [-0.2, 0) is 16.9 Å². The molecule has 32 heavy (non-hydrogen) atoms. The molecule has 4 rings (SSSR count). The summed E-state index contributed by atoms with van der Waals surface area (Å²) < 4.78 is 7.04. The quantitative estimate of drug-likeness (QED) is 0.556. The van der Waals surface area contributed by atoms with Crippen LogP contribution in [-0.4, -0.2) is 39.7 Å². The first kappa shape index (κ1) is 21.8. The van der Waals surface area contributed by atoms with Gasteiger partial charge in [0.05, 0.1) is 17.7 Å². The van der Waals surface area contributed by atoms with Crippen LogP contribution in [0.3, 0.4) is 0 Å². The Morgan fingerprint density at radius 1 is 1.28 bits per heavy atom. The van der Waals surface area contributed by atoms with Crippen LogP contribution in [0.2, 0.25) is 0 Å². The molecule has 0 spiro atoms. The van der Waals surface area contributed by atoms with Crippen molar-refractivity contribution in [3.8, 4) is 5.75 Å². The van der Waals surface area contributed by atoms with Crippen molar-refractivity contribution in [2.24, 2.45) is 5.92 Å². The van der Waals surface area contributed by atoms with Crippen LogP contribution in [0, 0.1) is 12.8 Å². The van der Waals surface area contributed by atoms with Gasteiger partial charge in [-0.1, -0.05) is 26.0 Å². The van der Waals surface area contributed by atoms with E-state index in [9.17, 15) is 14.4 Å². The number of aromatic nitrogens is 2. The molecular weight excluding hydrogens is 430 g/mol. The number of carbonyl (C=O) groups is 3. The minimum absolute atomic E-state index is 0.400. The molecule has 1 saturated heterocycles. The van der Waals surface area contributed by atoms with Gasteiger partial charge in [0.2, 0.25) is 0 Å². The van der Waals surface area contributed by atoms with E-state index in [4.69, 9.17) is 4.74 Å². The van der Waals surface area contributed by atoms with Crippen molar-refractivity contribution in [1.82, 2.24) is 25.5 Å². The number of carbonyl (C=O) groups excluding carboxylic acids is 3. The van der Waals surface area contributed by atoms with Crippen molar-refractivity contribution in [3.05, 3.63) is 46.5 Å². The predicted molar refractivity (Wildman–Crippen MR) is 120 cm³/mol. The highest BCUT2D eigenvalue weighted by Crippen LogP contribution is 2.31. The van der Waals surface area contributed by atoms with Crippen molar-refractivity contribution in [1.29, 1.82) is 0 Å². The fourth-order valence-electron chi connectivity index (χ4n) is 3.71. The lowest BCUT2D eigenvalue weighted by Crippen LogP contribution is -2.47. The molecule has 0 aliphatic carbocycles. The Balaban J connectivity index is 1.56. The van der Waals surface area contributed by atoms with E-state index < -0.39 is 23.4 Å². The highest BCUT2D eigenvalue weighted by molar-refractivity contribution is 7.20. The van der Waals surface area contributed by atoms with Gasteiger partial charge >= 0.3 is 6.03 Å². The number of nitrogens with one attached hydrogen (secondary N) is 2. The third kappa shape index (κ3) is 3.60. The molecule has 3 aromatic rings. The number of methoxy groups -OCH3 is 1. The highest BCUT2D eigenvalue weighted by atomic mass is 32.1. The van der Waals surface area contributed by atoms with E-state index in [0.717, 1.165) is 27.5 Å². The molecule has 4 amide bonds. The van der Waals surface area contributed by atoms with Gasteiger partial charge < -0.3 is 10.1 Å². The number of nitrogens with zero attached hydrogens (tertiary/aromatic N) is 3. The lowest BCUT2D eigenvalue weighted by Gasteiger charge is -2.22. The van der Waals surface area contributed by atoms with E-state index in [2.05, 4.69) is 29.7 Å². The Bertz CT molecular complexity index is 1210. The Labute approximate surface area is 189 Å². The maximum Gasteiger partial charge on any atom is 0.344 e. The summed E-state index contributed by atoms with van der Waals surface area (Å²) in [6.45, 7) is 8.43. The third-order valence-corrected chi connectivity index (χ3v) is 6.59. The topological polar surface area (TPSA) is 106 Å². The fourth-order valence-corrected chi connectivity index (χ4v) is 4.77. The lowest BCUT2D eigenvalue weighted by molar-refractivity contribution is -0.132. The van der Waals surface area contributed by atoms with Crippen LogP contribution in [0.4, 0.5) is 4.79 Å². The molecule has 0 saturated carbocycles. The largest absolute Gasteiger partial charge is 0.497 e. The number of urea groups is 1. The van der Waals surface area contributed by atoms with Crippen LogP contribution >= 0.6 is 11.3 Å². The average molecular weight is 456 g/mol. The van der Waals surface area contributed by atoms with Gasteiger partial charge in [0, 0.05) is 11.9 Å². The molecule has 1 aliphatic rings. The second-order valence-electron chi connectivity index (χ2n) is 8.36. The Morgan fingerprint density at radius 3 is 2.59 bits per heavy atom. The van der Waals surface area contributed by atoms with Crippen molar-refractivity contribution in [2.75, 3.05) is 7.11 Å². The summed E-state index contributed by atoms with van der Waals surface area (Å²) in [5.74, 6) is -0.0535. The van der Waals surface area contributed by atoms with E-state index >= 15 is 0 Å². The first-order valence-electron chi connectivity index (χ1n) is 10.2. The fraction of sp³-hybridized carbons (Fsp3) is 0.364. The maximum absolute atomic E-state index is 13.1. The second-order valence-corrected chi connectivity index (χ2v) is 9.39. The molecule has 0 radical (unpaired) electrons. The first-order chi connectivity index (χ1) is 15.1. The van der Waals surface area contributed by atoms with E-state index in [1.54, 1.807) is 44.4 Å². The second kappa shape index (κ2) is 7.94. The first-order valence-corrected chi connectivity index (χ1v) is 11.0. The number of hydrogen-bond acceptors (Lipinski definition) is 6. The predicted octanol–water partition coefficient (Wildman–Crippen LogP) is 3.18. The minimum atomic E-state index is -1.30. The Kier molecular flexibility index (Phi) is 5.41. The van der Waals surface area contributed by atoms with Gasteiger partial charge in [-0.3, -0.25) is 19.7 Å². The number of aryl methyl sites for hydroxylation is 1. The summed E-state index contributed by atoms with van der Waals surface area (Å²) in [6.07, 6.45) is 0. The number of fused-ring (bicyclic) bond motifs is 1. The lowest BCUT2D eigenvalue weighted by atomic mass is 9.92. The van der Waals surface area contributed by atoms with E-state index in [-0.39, 0.29) is 0 Å². The molecule has 2 N–H and O–H groups in total. The number of amides is 4. The van der Waals surface area contributed by atoms with Crippen molar-refractivity contribution >= 4 is 39.4 Å². The molecule has 1 atom stereocenters. The van der Waals surface area contributed by atoms with Crippen LogP contribution in [0.5, 0.6) is 5.75 Å². The zero-order valence-corrected chi connectivity index (χ0v) is 19.4. The molecular formula is C22H25N5O4S. The molecule has 1 aliphatic heterocycles. The maximum atomic E-state index is 13.1. The van der Waals surface area contributed by atoms with E-state index in [0.29, 0.717) is 22.1 Å². The van der Waals surface area contributed by atoms with Gasteiger partial charge in [0.25, 0.3) is 11.8 Å². The number of hydrogen-bond donors (Lipinski definition) is 2. The van der Waals surface area contributed by atoms with Crippen LogP contribution < -0.4 is 15.5 Å². The molecule has 0 bridgehead atoms. The molecule has 3 heterocycles. The highest BCUT2D eigenvalue weighted by Gasteiger charge is 2.50. The van der Waals surface area contributed by atoms with Gasteiger partial charge in [0.1, 0.15) is 16.1 Å². The Hall–Kier alpha value is -3.40. The number of hydrazine groups is 1. The van der Waals surface area contributed by atoms with Crippen LogP contribution in [0.1, 0.15) is 41.7 Å². The number of imide groups is 1. The van der Waals surface area contributed by atoms with Crippen LogP contribution in [0.15, 0.2) is 30.3 Å². The summed E-state index contributed by atoms with van der Waals surface area (Å²) in [4.78, 5) is 39.9. The van der Waals surface area contributed by atoms with Gasteiger partial charge in [0.15, 0.2) is 0 Å². The summed E-state index contributed by atoms with van der Waals surface area (Å²) in [5.41, 5.74) is 2.58. The molecule has 9 nitrogen and oxygen atoms in total. The van der Waals surface area contributed by atoms with E-state index in [1.807, 2.05) is 11.6 Å². The monoisotopic (exact) mass is 455 g/mol. The summed E-state index contributed by atoms with van der Waals surface area (Å²) in [6, 6.07) is 7.89. The van der Waals surface area contributed by atoms with Crippen molar-refractivity contribution in [2.45, 2.75) is 39.8 Å². The van der Waals surface area contributed by atoms with Gasteiger partial charge in [-0.15, -0.1) is 11.3 Å². The minimum Gasteiger partial charge on any atom is -0.497 e. The smallest absolute Gasteiger partial charge is 0.344 e. The van der Waals surface area contributed by atoms with Crippen LogP contribution in [0.25, 0.3) is 10.2 Å². The SMILES string of the molecule is COc1ccc(C2(C)NC(=O)N(NC(=O)c3cc4c(C)nn(CC(C)C)c4s3)C2=O)cc1. The molecule has 168 valence electrons. The number of thiophene rings is 1. The van der Waals surface area contributed by atoms with Gasteiger partial charge in [-0.25, -0.2) is 4.79 Å². The molecule has 1 unspecified atom stereocenters. The van der Waals surface area contributed by atoms with Gasteiger partial charge in [-0.05, 0) is 43.5 Å². The summed E-state index contributed by atoms with van der Waals surface area (Å²) in [5, 5.41) is 8.84. The molecule has 1 fully saturated rings. The number of ether oxygens (including phenoxy) is 1. The normalized spacial score (nSPS) is 18.5. The zero-order chi connectivity index (χ0) is 23.2. The molecule has 10 heteroatoms. The standard InChI is InChI=1S/C22H25N5O4S/c1-12(2)11-26-19-16(13(3)24-26)10-17(32-19)18(28)25-27-20(29)22(4,23-21(27)30)14-6-8-15(31-5)9-7-14/h6-10,12H,11H2,1-5H3,(H,23,30)(H,25,28). The summed E-state index contributed by atoms with van der Waals surface area (Å²) >= 11 is 1.29. The van der Waals surface area contributed by atoms with E-state index in [1.165, 1.54) is 11.3 Å².